The molecule has 0 saturated heterocycles. The van der Waals surface area contributed by atoms with Crippen LogP contribution < -0.4 is 5.32 Å². The molecule has 3 nitrogen and oxygen atoms in total. The van der Waals surface area contributed by atoms with Crippen LogP contribution in [0.15, 0.2) is 53.2 Å². The van der Waals surface area contributed by atoms with Gasteiger partial charge in [-0.15, -0.1) is 22.7 Å². The Labute approximate surface area is 167 Å². The molecule has 26 heavy (non-hydrogen) atoms. The van der Waals surface area contributed by atoms with Crippen molar-refractivity contribution in [1.29, 1.82) is 0 Å². The summed E-state index contributed by atoms with van der Waals surface area (Å²) in [5.74, 6) is -0.263. The van der Waals surface area contributed by atoms with Gasteiger partial charge in [0.25, 0.3) is 0 Å². The van der Waals surface area contributed by atoms with Crippen LogP contribution in [0.2, 0.25) is 10.0 Å². The van der Waals surface area contributed by atoms with Crippen LogP contribution >= 0.6 is 45.9 Å². The fourth-order valence-electron chi connectivity index (χ4n) is 2.32. The highest BCUT2D eigenvalue weighted by atomic mass is 35.5. The molecule has 0 radical (unpaired) electrons. The van der Waals surface area contributed by atoms with E-state index in [0.717, 1.165) is 32.8 Å². The maximum Gasteiger partial charge on any atom is 0.187 e. The number of hydrogen-bond acceptors (Lipinski definition) is 5. The van der Waals surface area contributed by atoms with E-state index < -0.39 is 0 Å². The molecular weight excluding hydrogens is 412 g/mol. The van der Waals surface area contributed by atoms with Crippen molar-refractivity contribution in [2.75, 3.05) is 5.32 Å². The van der Waals surface area contributed by atoms with Gasteiger partial charge in [-0.25, -0.2) is 14.4 Å². The first-order valence-electron chi connectivity index (χ1n) is 7.47. The number of anilines is 2. The second-order valence-corrected chi connectivity index (χ2v) is 7.95. The Hall–Kier alpha value is -1.99. The molecule has 1 N–H and O–H groups in total. The standard InChI is InChI=1S/C18H10Cl2FN3S2/c19-11-5-12(20)7-14(6-11)22-18-24-16(9-26-18)17-23-15(8-25-17)10-1-3-13(21)4-2-10/h1-9H,(H,22,24). The van der Waals surface area contributed by atoms with E-state index in [2.05, 4.69) is 15.3 Å². The number of nitrogens with one attached hydrogen (secondary N) is 1. The highest BCUT2D eigenvalue weighted by molar-refractivity contribution is 7.15. The first-order valence-corrected chi connectivity index (χ1v) is 9.99. The molecule has 0 aliphatic heterocycles. The van der Waals surface area contributed by atoms with Gasteiger partial charge in [-0.3, -0.25) is 0 Å². The molecule has 4 aromatic rings. The van der Waals surface area contributed by atoms with Gasteiger partial charge in [-0.05, 0) is 42.5 Å². The highest BCUT2D eigenvalue weighted by Crippen LogP contribution is 2.33. The Morgan fingerprint density at radius 3 is 2.27 bits per heavy atom. The lowest BCUT2D eigenvalue weighted by Gasteiger charge is -2.03. The number of thiazole rings is 2. The molecule has 0 bridgehead atoms. The third kappa shape index (κ3) is 3.88. The summed E-state index contributed by atoms with van der Waals surface area (Å²) in [6, 6.07) is 11.5. The summed E-state index contributed by atoms with van der Waals surface area (Å²) in [5, 5.41) is 9.70. The lowest BCUT2D eigenvalue weighted by Crippen LogP contribution is -1.89. The summed E-state index contributed by atoms with van der Waals surface area (Å²) >= 11 is 15.0. The van der Waals surface area contributed by atoms with E-state index in [-0.39, 0.29) is 5.82 Å². The SMILES string of the molecule is Fc1ccc(-c2csc(-c3csc(Nc4cc(Cl)cc(Cl)c4)n3)n2)cc1. The smallest absolute Gasteiger partial charge is 0.187 e. The molecule has 4 rings (SSSR count). The van der Waals surface area contributed by atoms with E-state index >= 15 is 0 Å². The Balaban J connectivity index is 1.55. The maximum absolute atomic E-state index is 13.1. The zero-order valence-corrected chi connectivity index (χ0v) is 16.2. The molecular formula is C18H10Cl2FN3S2. The number of aromatic nitrogens is 2. The molecule has 0 amide bonds. The van der Waals surface area contributed by atoms with Crippen molar-refractivity contribution < 1.29 is 4.39 Å². The predicted octanol–water partition coefficient (Wildman–Crippen LogP) is 7.12. The Kier molecular flexibility index (Phi) is 4.91. The van der Waals surface area contributed by atoms with Crippen molar-refractivity contribution in [3.63, 3.8) is 0 Å². The second kappa shape index (κ2) is 7.32. The first-order chi connectivity index (χ1) is 12.6. The largest absolute Gasteiger partial charge is 0.331 e. The van der Waals surface area contributed by atoms with E-state index in [4.69, 9.17) is 23.2 Å². The van der Waals surface area contributed by atoms with E-state index in [1.807, 2.05) is 10.8 Å². The van der Waals surface area contributed by atoms with Crippen molar-refractivity contribution in [3.8, 4) is 22.0 Å². The van der Waals surface area contributed by atoms with Crippen LogP contribution in [0.1, 0.15) is 0 Å². The summed E-state index contributed by atoms with van der Waals surface area (Å²) < 4.78 is 13.1. The summed E-state index contributed by atoms with van der Waals surface area (Å²) in [5.41, 5.74) is 3.23. The van der Waals surface area contributed by atoms with E-state index in [0.29, 0.717) is 10.0 Å². The number of rotatable bonds is 4. The van der Waals surface area contributed by atoms with Crippen molar-refractivity contribution in [1.82, 2.24) is 9.97 Å². The lowest BCUT2D eigenvalue weighted by atomic mass is 10.2. The molecule has 2 aromatic heterocycles. The quantitative estimate of drug-likeness (QED) is 0.380. The highest BCUT2D eigenvalue weighted by Gasteiger charge is 2.11. The van der Waals surface area contributed by atoms with Gasteiger partial charge >= 0.3 is 0 Å². The van der Waals surface area contributed by atoms with Gasteiger partial charge < -0.3 is 5.32 Å². The van der Waals surface area contributed by atoms with Crippen LogP contribution in [0.5, 0.6) is 0 Å². The van der Waals surface area contributed by atoms with Crippen LogP contribution in [-0.4, -0.2) is 9.97 Å². The van der Waals surface area contributed by atoms with Gasteiger partial charge in [0.2, 0.25) is 0 Å². The topological polar surface area (TPSA) is 37.8 Å². The Morgan fingerprint density at radius 1 is 0.846 bits per heavy atom. The Morgan fingerprint density at radius 2 is 1.54 bits per heavy atom. The fourth-order valence-corrected chi connectivity index (χ4v) is 4.43. The number of nitrogens with zero attached hydrogens (tertiary/aromatic N) is 2. The first kappa shape index (κ1) is 17.4. The van der Waals surface area contributed by atoms with Crippen LogP contribution in [-0.2, 0) is 0 Å². The molecule has 130 valence electrons. The minimum atomic E-state index is -0.263. The van der Waals surface area contributed by atoms with E-state index in [1.54, 1.807) is 30.3 Å². The lowest BCUT2D eigenvalue weighted by molar-refractivity contribution is 0.628. The molecule has 0 spiro atoms. The average molecular weight is 422 g/mol. The molecule has 0 aliphatic rings. The Bertz CT molecular complexity index is 1040. The maximum atomic E-state index is 13.1. The van der Waals surface area contributed by atoms with Gasteiger partial charge in [0.1, 0.15) is 16.5 Å². The number of halogens is 3. The molecule has 0 aliphatic carbocycles. The van der Waals surface area contributed by atoms with Crippen molar-refractivity contribution >= 4 is 56.7 Å². The van der Waals surface area contributed by atoms with Gasteiger partial charge in [0, 0.05) is 32.1 Å². The third-order valence-electron chi connectivity index (χ3n) is 3.48. The monoisotopic (exact) mass is 421 g/mol. The molecule has 0 atom stereocenters. The minimum absolute atomic E-state index is 0.263. The van der Waals surface area contributed by atoms with Gasteiger partial charge in [0.05, 0.1) is 5.69 Å². The number of benzene rings is 2. The average Bonchev–Trinajstić information content (AvgIpc) is 3.24. The fraction of sp³-hybridized carbons (Fsp3) is 0. The summed E-state index contributed by atoms with van der Waals surface area (Å²) in [4.78, 5) is 9.16. The molecule has 2 aromatic carbocycles. The van der Waals surface area contributed by atoms with Gasteiger partial charge in [0.15, 0.2) is 5.13 Å². The van der Waals surface area contributed by atoms with Crippen LogP contribution in [0, 0.1) is 5.82 Å². The van der Waals surface area contributed by atoms with E-state index in [1.165, 1.54) is 34.8 Å². The molecule has 0 saturated carbocycles. The van der Waals surface area contributed by atoms with E-state index in [9.17, 15) is 4.39 Å². The minimum Gasteiger partial charge on any atom is -0.331 e. The summed E-state index contributed by atoms with van der Waals surface area (Å²) in [7, 11) is 0. The molecule has 2 heterocycles. The van der Waals surface area contributed by atoms with Gasteiger partial charge in [-0.1, -0.05) is 23.2 Å². The third-order valence-corrected chi connectivity index (χ3v) is 5.54. The van der Waals surface area contributed by atoms with Crippen molar-refractivity contribution in [3.05, 3.63) is 69.1 Å². The molecule has 8 heteroatoms. The van der Waals surface area contributed by atoms with Gasteiger partial charge in [-0.2, -0.15) is 0 Å². The summed E-state index contributed by atoms with van der Waals surface area (Å²) in [6.07, 6.45) is 0. The zero-order valence-electron chi connectivity index (χ0n) is 13.0. The normalized spacial score (nSPS) is 10.9. The van der Waals surface area contributed by atoms with Crippen LogP contribution in [0.3, 0.4) is 0 Å². The summed E-state index contributed by atoms with van der Waals surface area (Å²) in [6.45, 7) is 0. The molecule has 0 fully saturated rings. The van der Waals surface area contributed by atoms with Crippen LogP contribution in [0.4, 0.5) is 15.2 Å². The van der Waals surface area contributed by atoms with Crippen molar-refractivity contribution in [2.45, 2.75) is 0 Å². The second-order valence-electron chi connectivity index (χ2n) is 5.37. The van der Waals surface area contributed by atoms with Crippen molar-refractivity contribution in [2.24, 2.45) is 0 Å². The predicted molar refractivity (Wildman–Crippen MR) is 108 cm³/mol. The molecule has 0 unspecified atom stereocenters. The number of hydrogen-bond donors (Lipinski definition) is 1. The zero-order chi connectivity index (χ0) is 18.1. The van der Waals surface area contributed by atoms with Crippen LogP contribution in [0.25, 0.3) is 22.0 Å².